The van der Waals surface area contributed by atoms with E-state index < -0.39 is 11.4 Å². The summed E-state index contributed by atoms with van der Waals surface area (Å²) in [5.74, 6) is -0.424. The van der Waals surface area contributed by atoms with Crippen molar-refractivity contribution in [2.45, 2.75) is 12.8 Å². The molecule has 3 rings (SSSR count). The molecule has 2 aromatic rings. The van der Waals surface area contributed by atoms with E-state index in [2.05, 4.69) is 10.3 Å². The number of hydrogen-bond acceptors (Lipinski definition) is 4. The van der Waals surface area contributed by atoms with Crippen molar-refractivity contribution in [3.05, 3.63) is 54.2 Å². The van der Waals surface area contributed by atoms with Gasteiger partial charge in [-0.25, -0.2) is 4.98 Å². The highest BCUT2D eigenvalue weighted by Gasteiger charge is 2.50. The number of nitrogens with zero attached hydrogens (tertiary/aromatic N) is 2. The smallest absolute Gasteiger partial charge is 0.311 e. The number of carboxylic acids is 1. The number of anilines is 2. The van der Waals surface area contributed by atoms with Gasteiger partial charge in [0.05, 0.1) is 11.0 Å². The van der Waals surface area contributed by atoms with Crippen molar-refractivity contribution >= 4 is 23.4 Å². The average molecular weight is 325 g/mol. The lowest BCUT2D eigenvalue weighted by molar-refractivity contribution is -0.143. The summed E-state index contributed by atoms with van der Waals surface area (Å²) in [6.07, 6.45) is 2.73. The monoisotopic (exact) mass is 325 g/mol. The summed E-state index contributed by atoms with van der Waals surface area (Å²) in [5.41, 5.74) is 0.650. The average Bonchev–Trinajstić information content (AvgIpc) is 3.41. The Bertz CT molecular complexity index is 740. The quantitative estimate of drug-likeness (QED) is 0.852. The molecule has 0 spiro atoms. The molecular formula is C18H19N3O3. The number of benzene rings is 1. The van der Waals surface area contributed by atoms with Crippen LogP contribution in [0.1, 0.15) is 23.2 Å². The van der Waals surface area contributed by atoms with Gasteiger partial charge < -0.3 is 15.3 Å². The second kappa shape index (κ2) is 6.31. The van der Waals surface area contributed by atoms with Gasteiger partial charge >= 0.3 is 5.97 Å². The topological polar surface area (TPSA) is 82.5 Å². The first-order chi connectivity index (χ1) is 11.5. The Morgan fingerprint density at radius 3 is 2.46 bits per heavy atom. The molecule has 6 nitrogen and oxygen atoms in total. The zero-order valence-corrected chi connectivity index (χ0v) is 13.4. The number of hydrogen-bond donors (Lipinski definition) is 2. The second-order valence-electron chi connectivity index (χ2n) is 6.07. The predicted molar refractivity (Wildman–Crippen MR) is 90.4 cm³/mol. The number of carbonyl (C=O) groups is 2. The molecule has 6 heteroatoms. The Balaban J connectivity index is 1.64. The fourth-order valence-electron chi connectivity index (χ4n) is 2.47. The molecule has 124 valence electrons. The van der Waals surface area contributed by atoms with Crippen LogP contribution in [0.25, 0.3) is 0 Å². The van der Waals surface area contributed by atoms with Gasteiger partial charge in [-0.15, -0.1) is 0 Å². The molecule has 0 atom stereocenters. The van der Waals surface area contributed by atoms with E-state index in [-0.39, 0.29) is 12.5 Å². The van der Waals surface area contributed by atoms with Gasteiger partial charge in [-0.2, -0.15) is 0 Å². The van der Waals surface area contributed by atoms with Gasteiger partial charge in [0, 0.05) is 25.5 Å². The van der Waals surface area contributed by atoms with Crippen molar-refractivity contribution in [1.29, 1.82) is 0 Å². The van der Waals surface area contributed by atoms with Gasteiger partial charge in [0.1, 0.15) is 5.82 Å². The Kier molecular flexibility index (Phi) is 4.20. The molecule has 1 aromatic carbocycles. The Hall–Kier alpha value is -2.89. The summed E-state index contributed by atoms with van der Waals surface area (Å²) in [7, 11) is 1.90. The summed E-state index contributed by atoms with van der Waals surface area (Å²) >= 11 is 0. The van der Waals surface area contributed by atoms with E-state index in [1.54, 1.807) is 12.1 Å². The number of para-hydroxylation sites is 1. The van der Waals surface area contributed by atoms with Crippen LogP contribution in [-0.2, 0) is 4.79 Å². The van der Waals surface area contributed by atoms with Gasteiger partial charge in [-0.05, 0) is 37.1 Å². The number of aliphatic carboxylic acids is 1. The molecule has 1 amide bonds. The molecule has 0 unspecified atom stereocenters. The number of pyridine rings is 1. The van der Waals surface area contributed by atoms with Gasteiger partial charge in [0.15, 0.2) is 0 Å². The maximum absolute atomic E-state index is 12.1. The number of carbonyl (C=O) groups excluding carboxylic acids is 1. The molecule has 24 heavy (non-hydrogen) atoms. The number of amides is 1. The summed E-state index contributed by atoms with van der Waals surface area (Å²) in [6, 6.07) is 13.3. The van der Waals surface area contributed by atoms with Crippen LogP contribution in [-0.4, -0.2) is 35.6 Å². The second-order valence-corrected chi connectivity index (χ2v) is 6.07. The summed E-state index contributed by atoms with van der Waals surface area (Å²) in [6.45, 7) is 0.160. The lowest BCUT2D eigenvalue weighted by Crippen LogP contribution is -2.34. The molecule has 0 saturated heterocycles. The highest BCUT2D eigenvalue weighted by atomic mass is 16.4. The van der Waals surface area contributed by atoms with Crippen molar-refractivity contribution in [3.63, 3.8) is 0 Å². The van der Waals surface area contributed by atoms with Crippen LogP contribution in [0.15, 0.2) is 48.7 Å². The molecule has 0 aliphatic heterocycles. The number of carboxylic acid groups (broad SMARTS) is 1. The highest BCUT2D eigenvalue weighted by molar-refractivity contribution is 5.94. The highest BCUT2D eigenvalue weighted by Crippen LogP contribution is 2.45. The van der Waals surface area contributed by atoms with E-state index in [0.29, 0.717) is 18.4 Å². The van der Waals surface area contributed by atoms with Crippen molar-refractivity contribution in [2.24, 2.45) is 5.41 Å². The predicted octanol–water partition coefficient (Wildman–Crippen LogP) is 2.44. The van der Waals surface area contributed by atoms with Crippen LogP contribution in [0.5, 0.6) is 0 Å². The Labute approximate surface area is 140 Å². The lowest BCUT2D eigenvalue weighted by atomic mass is 10.1. The van der Waals surface area contributed by atoms with Gasteiger partial charge in [0.25, 0.3) is 5.91 Å². The first kappa shape index (κ1) is 16.0. The van der Waals surface area contributed by atoms with Crippen molar-refractivity contribution < 1.29 is 14.7 Å². The maximum Gasteiger partial charge on any atom is 0.311 e. The van der Waals surface area contributed by atoms with Crippen LogP contribution in [0.4, 0.5) is 11.5 Å². The van der Waals surface area contributed by atoms with E-state index in [0.717, 1.165) is 11.5 Å². The van der Waals surface area contributed by atoms with Gasteiger partial charge in [-0.1, -0.05) is 18.2 Å². The van der Waals surface area contributed by atoms with Crippen LogP contribution in [0.2, 0.25) is 0 Å². The minimum atomic E-state index is -0.847. The van der Waals surface area contributed by atoms with Crippen LogP contribution in [0, 0.1) is 5.41 Å². The number of rotatable bonds is 6. The Morgan fingerprint density at radius 1 is 1.21 bits per heavy atom. The van der Waals surface area contributed by atoms with E-state index in [1.165, 1.54) is 6.20 Å². The summed E-state index contributed by atoms with van der Waals surface area (Å²) in [4.78, 5) is 29.5. The van der Waals surface area contributed by atoms with E-state index in [1.807, 2.05) is 42.3 Å². The van der Waals surface area contributed by atoms with Crippen LogP contribution >= 0.6 is 0 Å². The van der Waals surface area contributed by atoms with Crippen LogP contribution < -0.4 is 10.2 Å². The number of nitrogens with one attached hydrogen (secondary N) is 1. The number of aromatic nitrogens is 1. The first-order valence-corrected chi connectivity index (χ1v) is 7.78. The molecule has 0 bridgehead atoms. The maximum atomic E-state index is 12.1. The third-order valence-electron chi connectivity index (χ3n) is 4.39. The van der Waals surface area contributed by atoms with Gasteiger partial charge in [0.2, 0.25) is 0 Å². The zero-order valence-electron chi connectivity index (χ0n) is 13.4. The standard InChI is InChI=1S/C18H19N3O3/c1-21(14-5-3-2-4-6-14)15-8-7-13(11-19-15)16(22)20-12-18(9-10-18)17(23)24/h2-8,11H,9-10,12H2,1H3,(H,20,22)(H,23,24). The minimum absolute atomic E-state index is 0.160. The van der Waals surface area contributed by atoms with Crippen molar-refractivity contribution in [3.8, 4) is 0 Å². The molecule has 1 fully saturated rings. The summed E-state index contributed by atoms with van der Waals surface area (Å²) < 4.78 is 0. The molecule has 2 N–H and O–H groups in total. The molecular weight excluding hydrogens is 306 g/mol. The van der Waals surface area contributed by atoms with E-state index >= 15 is 0 Å². The fourth-order valence-corrected chi connectivity index (χ4v) is 2.47. The Morgan fingerprint density at radius 2 is 1.92 bits per heavy atom. The first-order valence-electron chi connectivity index (χ1n) is 7.78. The van der Waals surface area contributed by atoms with Crippen molar-refractivity contribution in [1.82, 2.24) is 10.3 Å². The normalized spacial score (nSPS) is 14.7. The molecule has 1 aromatic heterocycles. The van der Waals surface area contributed by atoms with Crippen molar-refractivity contribution in [2.75, 3.05) is 18.5 Å². The third kappa shape index (κ3) is 3.22. The minimum Gasteiger partial charge on any atom is -0.481 e. The lowest BCUT2D eigenvalue weighted by Gasteiger charge is -2.18. The largest absolute Gasteiger partial charge is 0.481 e. The van der Waals surface area contributed by atoms with Gasteiger partial charge in [-0.3, -0.25) is 9.59 Å². The van der Waals surface area contributed by atoms with Crippen LogP contribution in [0.3, 0.4) is 0 Å². The third-order valence-corrected chi connectivity index (χ3v) is 4.39. The fraction of sp³-hybridized carbons (Fsp3) is 0.278. The van der Waals surface area contributed by atoms with E-state index in [4.69, 9.17) is 5.11 Å². The SMILES string of the molecule is CN(c1ccccc1)c1ccc(C(=O)NCC2(C(=O)O)CC2)cn1. The molecule has 1 aliphatic rings. The van der Waals surface area contributed by atoms with E-state index in [9.17, 15) is 9.59 Å². The molecule has 1 saturated carbocycles. The molecule has 0 radical (unpaired) electrons. The summed E-state index contributed by atoms with van der Waals surface area (Å²) in [5, 5.41) is 11.8. The molecule has 1 heterocycles. The molecule has 1 aliphatic carbocycles. The zero-order chi connectivity index (χ0) is 17.2.